The third-order valence-electron chi connectivity index (χ3n) is 6.28. The maximum absolute atomic E-state index is 13.9. The lowest BCUT2D eigenvalue weighted by molar-refractivity contribution is -0.138. The van der Waals surface area contributed by atoms with Crippen molar-refractivity contribution < 1.29 is 23.1 Å². The van der Waals surface area contributed by atoms with Crippen LogP contribution in [-0.2, 0) is 17.4 Å². The molecule has 2 fully saturated rings. The number of pyridine rings is 1. The quantitative estimate of drug-likeness (QED) is 0.498. The zero-order valence-corrected chi connectivity index (χ0v) is 19.3. The van der Waals surface area contributed by atoms with Crippen LogP contribution in [0.2, 0.25) is 0 Å². The van der Waals surface area contributed by atoms with Crippen molar-refractivity contribution in [3.8, 4) is 6.07 Å². The Morgan fingerprint density at radius 3 is 2.62 bits per heavy atom. The van der Waals surface area contributed by atoms with Crippen molar-refractivity contribution in [2.75, 3.05) is 42.7 Å². The monoisotopic (exact) mass is 491 g/mol. The summed E-state index contributed by atoms with van der Waals surface area (Å²) in [6.07, 6.45) is -2.69. The van der Waals surface area contributed by atoms with Gasteiger partial charge in [-0.25, -0.2) is 4.98 Å². The fourth-order valence-electron chi connectivity index (χ4n) is 4.55. The highest BCUT2D eigenvalue weighted by atomic mass is 32.2. The minimum absolute atomic E-state index is 0.0698. The van der Waals surface area contributed by atoms with Crippen LogP contribution >= 0.6 is 11.8 Å². The van der Waals surface area contributed by atoms with E-state index in [1.807, 2.05) is 11.2 Å². The Morgan fingerprint density at radius 1 is 1.32 bits per heavy atom. The van der Waals surface area contributed by atoms with Crippen molar-refractivity contribution in [1.29, 1.82) is 5.26 Å². The van der Waals surface area contributed by atoms with Gasteiger partial charge in [-0.05, 0) is 48.3 Å². The first-order valence-electron chi connectivity index (χ1n) is 10.8. The Labute approximate surface area is 199 Å². The number of benzene rings is 1. The highest BCUT2D eigenvalue weighted by Crippen LogP contribution is 2.40. The Morgan fingerprint density at radius 2 is 2.03 bits per heavy atom. The second-order valence-corrected chi connectivity index (χ2v) is 9.35. The summed E-state index contributed by atoms with van der Waals surface area (Å²) >= 11 is 1.38. The highest BCUT2D eigenvalue weighted by Gasteiger charge is 2.40. The number of hydrogen-bond acceptors (Lipinski definition) is 7. The molecule has 0 saturated carbocycles. The number of aryl methyl sites for hydroxylation is 1. The Bertz CT molecular complexity index is 1120. The predicted octanol–water partition coefficient (Wildman–Crippen LogP) is 4.11. The number of nitrogens with one attached hydrogen (secondary N) is 2. The van der Waals surface area contributed by atoms with Crippen LogP contribution in [0.25, 0.3) is 0 Å². The van der Waals surface area contributed by atoms with Gasteiger partial charge in [0.05, 0.1) is 11.3 Å². The van der Waals surface area contributed by atoms with Crippen LogP contribution in [-0.4, -0.2) is 48.5 Å². The lowest BCUT2D eigenvalue weighted by atomic mass is 10.0. The van der Waals surface area contributed by atoms with E-state index in [1.165, 1.54) is 11.8 Å². The van der Waals surface area contributed by atoms with Gasteiger partial charge in [0.15, 0.2) is 5.82 Å². The van der Waals surface area contributed by atoms with E-state index in [4.69, 9.17) is 5.11 Å². The fourth-order valence-corrected chi connectivity index (χ4v) is 5.08. The Balaban J connectivity index is 1.74. The molecule has 34 heavy (non-hydrogen) atoms. The van der Waals surface area contributed by atoms with Crippen molar-refractivity contribution >= 4 is 35.1 Å². The lowest BCUT2D eigenvalue weighted by Gasteiger charge is -2.23. The van der Waals surface area contributed by atoms with Crippen LogP contribution in [0, 0.1) is 23.2 Å². The molecule has 0 radical (unpaired) electrons. The molecule has 11 heteroatoms. The van der Waals surface area contributed by atoms with Gasteiger partial charge in [-0.3, -0.25) is 4.79 Å². The van der Waals surface area contributed by atoms with Gasteiger partial charge in [0.25, 0.3) is 0 Å². The van der Waals surface area contributed by atoms with Crippen molar-refractivity contribution in [3.05, 3.63) is 41.0 Å². The van der Waals surface area contributed by atoms with Crippen LogP contribution in [0.1, 0.15) is 23.1 Å². The number of anilines is 3. The van der Waals surface area contributed by atoms with Crippen LogP contribution in [0.15, 0.2) is 29.2 Å². The summed E-state index contributed by atoms with van der Waals surface area (Å²) < 4.78 is 41.8. The minimum atomic E-state index is -4.72. The third kappa shape index (κ3) is 5.08. The first-order valence-corrected chi connectivity index (χ1v) is 12.1. The molecule has 2 aliphatic rings. The molecule has 7 nitrogen and oxygen atoms in total. The van der Waals surface area contributed by atoms with Gasteiger partial charge in [0.1, 0.15) is 17.5 Å². The Hall–Kier alpha value is -2.97. The molecule has 3 N–H and O–H groups in total. The summed E-state index contributed by atoms with van der Waals surface area (Å²) in [4.78, 5) is 18.0. The number of aliphatic carboxylic acids is 1. The molecule has 1 aromatic carbocycles. The first-order chi connectivity index (χ1) is 16.2. The second-order valence-electron chi connectivity index (χ2n) is 8.50. The number of carbonyl (C=O) groups is 1. The van der Waals surface area contributed by atoms with Gasteiger partial charge in [-0.1, -0.05) is 6.07 Å². The zero-order valence-electron chi connectivity index (χ0n) is 18.4. The number of thioether (sulfide) groups is 1. The molecule has 2 aromatic rings. The van der Waals surface area contributed by atoms with Crippen molar-refractivity contribution in [2.45, 2.75) is 23.9 Å². The second kappa shape index (κ2) is 9.72. The fraction of sp³-hybridized carbons (Fsp3) is 0.435. The molecule has 3 heterocycles. The molecule has 2 atom stereocenters. The molecule has 2 aliphatic heterocycles. The van der Waals surface area contributed by atoms with Crippen LogP contribution < -0.4 is 15.5 Å². The standard InChI is InChI=1S/C23H24F3N5O2S/c1-34-19-4-2-13(3-5-21(32)33)6-18(19)29-22-16(8-27)17(23(24,25)26)7-20(30-22)31-11-14-9-28-10-15(14)12-31/h2,4,6-7,14-15,28H,3,5,9-12H2,1H3,(H,29,30)(H,32,33)/t14-,15+. The van der Waals surface area contributed by atoms with Gasteiger partial charge < -0.3 is 20.6 Å². The van der Waals surface area contributed by atoms with Gasteiger partial charge in [0.2, 0.25) is 0 Å². The smallest absolute Gasteiger partial charge is 0.417 e. The molecule has 0 spiro atoms. The Kier molecular flexibility index (Phi) is 6.91. The molecular weight excluding hydrogens is 467 g/mol. The maximum atomic E-state index is 13.9. The van der Waals surface area contributed by atoms with Gasteiger partial charge in [-0.2, -0.15) is 18.4 Å². The first kappa shape index (κ1) is 24.2. The third-order valence-corrected chi connectivity index (χ3v) is 7.08. The number of nitrogens with zero attached hydrogens (tertiary/aromatic N) is 3. The maximum Gasteiger partial charge on any atom is 0.417 e. The summed E-state index contributed by atoms with van der Waals surface area (Å²) in [5, 5.41) is 24.9. The summed E-state index contributed by atoms with van der Waals surface area (Å²) in [5.41, 5.74) is -0.397. The van der Waals surface area contributed by atoms with Crippen molar-refractivity contribution in [3.63, 3.8) is 0 Å². The van der Waals surface area contributed by atoms with E-state index in [0.29, 0.717) is 36.2 Å². The van der Waals surface area contributed by atoms with Crippen molar-refractivity contribution in [1.82, 2.24) is 10.3 Å². The van der Waals surface area contributed by atoms with Gasteiger partial charge >= 0.3 is 12.1 Å². The predicted molar refractivity (Wildman–Crippen MR) is 123 cm³/mol. The molecule has 4 rings (SSSR count). The normalized spacial score (nSPS) is 19.7. The van der Waals surface area contributed by atoms with Crippen LogP contribution in [0.5, 0.6) is 0 Å². The summed E-state index contributed by atoms with van der Waals surface area (Å²) in [7, 11) is 0. The van der Waals surface area contributed by atoms with E-state index in [2.05, 4.69) is 15.6 Å². The number of fused-ring (bicyclic) bond motifs is 1. The number of rotatable bonds is 7. The average Bonchev–Trinajstić information content (AvgIpc) is 3.39. The number of carboxylic acid groups (broad SMARTS) is 1. The van der Waals surface area contributed by atoms with Crippen LogP contribution in [0.3, 0.4) is 0 Å². The minimum Gasteiger partial charge on any atom is -0.481 e. The van der Waals surface area contributed by atoms with E-state index in [0.717, 1.165) is 24.1 Å². The van der Waals surface area contributed by atoms with E-state index in [9.17, 15) is 23.2 Å². The van der Waals surface area contributed by atoms with E-state index in [1.54, 1.807) is 24.3 Å². The largest absolute Gasteiger partial charge is 0.481 e. The molecular formula is C23H24F3N5O2S. The highest BCUT2D eigenvalue weighted by molar-refractivity contribution is 7.98. The van der Waals surface area contributed by atoms with Gasteiger partial charge in [0, 0.05) is 37.5 Å². The molecule has 180 valence electrons. The summed E-state index contributed by atoms with van der Waals surface area (Å²) in [6, 6.07) is 7.91. The molecule has 1 aromatic heterocycles. The topological polar surface area (TPSA) is 101 Å². The average molecular weight is 492 g/mol. The molecule has 0 unspecified atom stereocenters. The number of nitriles is 1. The zero-order chi connectivity index (χ0) is 24.5. The number of aromatic nitrogens is 1. The molecule has 0 amide bonds. The lowest BCUT2D eigenvalue weighted by Crippen LogP contribution is -2.27. The van der Waals surface area contributed by atoms with Crippen molar-refractivity contribution in [2.24, 2.45) is 11.8 Å². The summed E-state index contributed by atoms with van der Waals surface area (Å²) in [6.45, 7) is 2.87. The summed E-state index contributed by atoms with van der Waals surface area (Å²) in [5.74, 6) is -0.191. The number of hydrogen-bond donors (Lipinski definition) is 3. The molecule has 2 saturated heterocycles. The van der Waals surface area contributed by atoms with Crippen LogP contribution in [0.4, 0.5) is 30.5 Å². The van der Waals surface area contributed by atoms with E-state index in [-0.39, 0.29) is 24.5 Å². The molecule has 0 bridgehead atoms. The van der Waals surface area contributed by atoms with E-state index >= 15 is 0 Å². The van der Waals surface area contributed by atoms with Gasteiger partial charge in [-0.15, -0.1) is 11.8 Å². The number of carboxylic acids is 1. The number of halogens is 3. The molecule has 0 aliphatic carbocycles. The SMILES string of the molecule is CSc1ccc(CCC(=O)O)cc1Nc1nc(N2C[C@H]3CNC[C@H]3C2)cc(C(F)(F)F)c1C#N. The number of alkyl halides is 3. The van der Waals surface area contributed by atoms with E-state index < -0.39 is 23.3 Å².